The first-order chi connectivity index (χ1) is 9.36. The molecule has 0 radical (unpaired) electrons. The number of hydrogen-bond acceptors (Lipinski definition) is 4. The molecule has 0 saturated carbocycles. The minimum absolute atomic E-state index is 0.0181. The molecule has 20 heavy (non-hydrogen) atoms. The standard InChI is InChI=1S/C16H34N2O2/c1-6-8-17-15(16(3,4)5)7-9-18-10-13(2)20-14(11-18)12-19/h13-15,17,19H,6-12H2,1-5H3. The summed E-state index contributed by atoms with van der Waals surface area (Å²) in [5.74, 6) is 0. The fourth-order valence-corrected chi connectivity index (χ4v) is 2.90. The van der Waals surface area contributed by atoms with Crippen LogP contribution < -0.4 is 5.32 Å². The number of rotatable bonds is 7. The predicted octanol–water partition coefficient (Wildman–Crippen LogP) is 1.87. The number of ether oxygens (including phenoxy) is 1. The van der Waals surface area contributed by atoms with Crippen molar-refractivity contribution in [3.05, 3.63) is 0 Å². The number of hydrogen-bond donors (Lipinski definition) is 2. The van der Waals surface area contributed by atoms with Crippen molar-refractivity contribution in [1.29, 1.82) is 0 Å². The van der Waals surface area contributed by atoms with E-state index in [9.17, 15) is 5.11 Å². The van der Waals surface area contributed by atoms with E-state index in [0.717, 1.165) is 32.6 Å². The van der Waals surface area contributed by atoms with Crippen LogP contribution in [0.5, 0.6) is 0 Å². The van der Waals surface area contributed by atoms with Crippen LogP contribution in [-0.2, 0) is 4.74 Å². The Labute approximate surface area is 124 Å². The Morgan fingerprint density at radius 1 is 1.35 bits per heavy atom. The average molecular weight is 286 g/mol. The van der Waals surface area contributed by atoms with Gasteiger partial charge in [0.1, 0.15) is 0 Å². The van der Waals surface area contributed by atoms with Crippen LogP contribution in [0.15, 0.2) is 0 Å². The summed E-state index contributed by atoms with van der Waals surface area (Å²) in [7, 11) is 0. The maximum Gasteiger partial charge on any atom is 0.0936 e. The summed E-state index contributed by atoms with van der Waals surface area (Å²) < 4.78 is 5.70. The Morgan fingerprint density at radius 3 is 2.60 bits per heavy atom. The molecular weight excluding hydrogens is 252 g/mol. The summed E-state index contributed by atoms with van der Waals surface area (Å²) in [6.07, 6.45) is 2.52. The fourth-order valence-electron chi connectivity index (χ4n) is 2.90. The van der Waals surface area contributed by atoms with Gasteiger partial charge in [-0.3, -0.25) is 4.90 Å². The highest BCUT2D eigenvalue weighted by Gasteiger charge is 2.28. The Balaban J connectivity index is 2.45. The molecular formula is C16H34N2O2. The van der Waals surface area contributed by atoms with Crippen LogP contribution in [0, 0.1) is 5.41 Å². The summed E-state index contributed by atoms with van der Waals surface area (Å²) in [6.45, 7) is 15.3. The third kappa shape index (κ3) is 6.08. The molecule has 1 fully saturated rings. The quantitative estimate of drug-likeness (QED) is 0.750. The molecule has 0 aromatic rings. The topological polar surface area (TPSA) is 44.7 Å². The second-order valence-corrected chi connectivity index (χ2v) is 7.17. The molecule has 2 N–H and O–H groups in total. The lowest BCUT2D eigenvalue weighted by molar-refractivity contribution is -0.0959. The molecule has 0 spiro atoms. The van der Waals surface area contributed by atoms with Crippen molar-refractivity contribution in [2.75, 3.05) is 32.8 Å². The van der Waals surface area contributed by atoms with Gasteiger partial charge in [-0.15, -0.1) is 0 Å². The van der Waals surface area contributed by atoms with E-state index in [1.54, 1.807) is 0 Å². The van der Waals surface area contributed by atoms with Gasteiger partial charge in [0, 0.05) is 19.1 Å². The second-order valence-electron chi connectivity index (χ2n) is 7.17. The number of aliphatic hydroxyl groups excluding tert-OH is 1. The van der Waals surface area contributed by atoms with E-state index in [4.69, 9.17) is 4.74 Å². The molecule has 120 valence electrons. The first kappa shape index (κ1) is 17.9. The molecule has 0 bridgehead atoms. The van der Waals surface area contributed by atoms with Gasteiger partial charge in [-0.2, -0.15) is 0 Å². The van der Waals surface area contributed by atoms with Crippen LogP contribution in [0.3, 0.4) is 0 Å². The van der Waals surface area contributed by atoms with Crippen molar-refractivity contribution < 1.29 is 9.84 Å². The van der Waals surface area contributed by atoms with Gasteiger partial charge in [-0.05, 0) is 38.3 Å². The van der Waals surface area contributed by atoms with Gasteiger partial charge < -0.3 is 15.2 Å². The maximum atomic E-state index is 9.29. The van der Waals surface area contributed by atoms with Gasteiger partial charge in [0.2, 0.25) is 0 Å². The molecule has 1 aliphatic heterocycles. The zero-order chi connectivity index (χ0) is 15.2. The molecule has 3 atom stereocenters. The molecule has 3 unspecified atom stereocenters. The van der Waals surface area contributed by atoms with Crippen molar-refractivity contribution in [1.82, 2.24) is 10.2 Å². The smallest absolute Gasteiger partial charge is 0.0936 e. The Bertz CT molecular complexity index is 266. The third-order valence-electron chi connectivity index (χ3n) is 4.03. The van der Waals surface area contributed by atoms with Gasteiger partial charge in [-0.1, -0.05) is 27.7 Å². The maximum absolute atomic E-state index is 9.29. The monoisotopic (exact) mass is 286 g/mol. The van der Waals surface area contributed by atoms with Gasteiger partial charge in [0.05, 0.1) is 18.8 Å². The summed E-state index contributed by atoms with van der Waals surface area (Å²) in [5, 5.41) is 13.0. The number of nitrogens with one attached hydrogen (secondary N) is 1. The third-order valence-corrected chi connectivity index (χ3v) is 4.03. The van der Waals surface area contributed by atoms with E-state index in [1.165, 1.54) is 6.42 Å². The summed E-state index contributed by atoms with van der Waals surface area (Å²) in [4.78, 5) is 2.43. The van der Waals surface area contributed by atoms with Crippen LogP contribution in [0.1, 0.15) is 47.5 Å². The van der Waals surface area contributed by atoms with Gasteiger partial charge >= 0.3 is 0 Å². The largest absolute Gasteiger partial charge is 0.394 e. The highest BCUT2D eigenvalue weighted by molar-refractivity contribution is 4.83. The van der Waals surface area contributed by atoms with E-state index in [2.05, 4.69) is 44.8 Å². The minimum Gasteiger partial charge on any atom is -0.394 e. The van der Waals surface area contributed by atoms with E-state index in [-0.39, 0.29) is 24.2 Å². The van der Waals surface area contributed by atoms with E-state index >= 15 is 0 Å². The van der Waals surface area contributed by atoms with Crippen LogP contribution in [-0.4, -0.2) is 61.0 Å². The van der Waals surface area contributed by atoms with E-state index in [0.29, 0.717) is 6.04 Å². The molecule has 0 amide bonds. The van der Waals surface area contributed by atoms with Crippen LogP contribution >= 0.6 is 0 Å². The van der Waals surface area contributed by atoms with Crippen molar-refractivity contribution >= 4 is 0 Å². The van der Waals surface area contributed by atoms with E-state index in [1.807, 2.05) is 0 Å². The second kappa shape index (κ2) is 8.32. The molecule has 1 aliphatic rings. The van der Waals surface area contributed by atoms with E-state index < -0.39 is 0 Å². The molecule has 0 aromatic heterocycles. The van der Waals surface area contributed by atoms with Crippen LogP contribution in [0.25, 0.3) is 0 Å². The molecule has 1 heterocycles. The first-order valence-electron chi connectivity index (χ1n) is 8.08. The molecule has 0 aromatic carbocycles. The lowest BCUT2D eigenvalue weighted by Crippen LogP contribution is -2.50. The van der Waals surface area contributed by atoms with Gasteiger partial charge in [0.25, 0.3) is 0 Å². The lowest BCUT2D eigenvalue weighted by Gasteiger charge is -2.38. The lowest BCUT2D eigenvalue weighted by atomic mass is 9.84. The van der Waals surface area contributed by atoms with Gasteiger partial charge in [-0.25, -0.2) is 0 Å². The highest BCUT2D eigenvalue weighted by atomic mass is 16.5. The highest BCUT2D eigenvalue weighted by Crippen LogP contribution is 2.23. The Hall–Kier alpha value is -0.160. The van der Waals surface area contributed by atoms with Crippen molar-refractivity contribution in [3.8, 4) is 0 Å². The molecule has 4 nitrogen and oxygen atoms in total. The first-order valence-corrected chi connectivity index (χ1v) is 8.08. The summed E-state index contributed by atoms with van der Waals surface area (Å²) in [5.41, 5.74) is 0.281. The van der Waals surface area contributed by atoms with Crippen LogP contribution in [0.2, 0.25) is 0 Å². The average Bonchev–Trinajstić information content (AvgIpc) is 2.36. The molecule has 4 heteroatoms. The van der Waals surface area contributed by atoms with Crippen molar-refractivity contribution in [2.24, 2.45) is 5.41 Å². The Morgan fingerprint density at radius 2 is 2.05 bits per heavy atom. The number of morpholine rings is 1. The molecule has 0 aliphatic carbocycles. The van der Waals surface area contributed by atoms with Crippen molar-refractivity contribution in [2.45, 2.75) is 65.7 Å². The van der Waals surface area contributed by atoms with Gasteiger partial charge in [0.15, 0.2) is 0 Å². The summed E-state index contributed by atoms with van der Waals surface area (Å²) in [6, 6.07) is 0.535. The SMILES string of the molecule is CCCNC(CCN1CC(C)OC(CO)C1)C(C)(C)C. The van der Waals surface area contributed by atoms with Crippen LogP contribution in [0.4, 0.5) is 0 Å². The zero-order valence-corrected chi connectivity index (χ0v) is 14.0. The predicted molar refractivity (Wildman–Crippen MR) is 84.0 cm³/mol. The minimum atomic E-state index is -0.0181. The normalized spacial score (nSPS) is 26.7. The Kier molecular flexibility index (Phi) is 7.45. The van der Waals surface area contributed by atoms with Crippen molar-refractivity contribution in [3.63, 3.8) is 0 Å². The molecule has 1 saturated heterocycles. The zero-order valence-electron chi connectivity index (χ0n) is 14.0. The number of aliphatic hydroxyl groups is 1. The molecule has 1 rings (SSSR count). The number of nitrogens with zero attached hydrogens (tertiary/aromatic N) is 1. The fraction of sp³-hybridized carbons (Fsp3) is 1.00. The summed E-state index contributed by atoms with van der Waals surface area (Å²) >= 11 is 0.